The van der Waals surface area contributed by atoms with Gasteiger partial charge >= 0.3 is 0 Å². The second-order valence-electron chi connectivity index (χ2n) is 8.09. The number of aromatic nitrogens is 2. The lowest BCUT2D eigenvalue weighted by Crippen LogP contribution is -2.22. The van der Waals surface area contributed by atoms with E-state index >= 15 is 0 Å². The fourth-order valence-corrected chi connectivity index (χ4v) is 4.80. The molecule has 0 aromatic carbocycles. The Morgan fingerprint density at radius 3 is 2.73 bits per heavy atom. The van der Waals surface area contributed by atoms with Crippen LogP contribution in [0.15, 0.2) is 18.2 Å². The molecule has 26 heavy (non-hydrogen) atoms. The zero-order chi connectivity index (χ0) is 18.7. The molecule has 3 heterocycles. The van der Waals surface area contributed by atoms with Gasteiger partial charge in [0, 0.05) is 42.5 Å². The van der Waals surface area contributed by atoms with E-state index in [1.165, 1.54) is 21.9 Å². The Labute approximate surface area is 161 Å². The summed E-state index contributed by atoms with van der Waals surface area (Å²) in [5.74, 6) is 0.709. The van der Waals surface area contributed by atoms with Gasteiger partial charge in [-0.25, -0.2) is 0 Å². The highest BCUT2D eigenvalue weighted by Gasteiger charge is 2.20. The summed E-state index contributed by atoms with van der Waals surface area (Å²) in [5.41, 5.74) is 2.01. The number of aliphatic hydroxyl groups is 1. The molecule has 1 aliphatic heterocycles. The number of aryl methyl sites for hydroxylation is 1. The maximum Gasteiger partial charge on any atom is 0.110 e. The van der Waals surface area contributed by atoms with E-state index in [1.807, 2.05) is 30.3 Å². The molecule has 2 aromatic heterocycles. The van der Waals surface area contributed by atoms with Crippen LogP contribution in [0.25, 0.3) is 0 Å². The van der Waals surface area contributed by atoms with Crippen molar-refractivity contribution in [1.29, 1.82) is 0 Å². The van der Waals surface area contributed by atoms with Gasteiger partial charge < -0.3 is 10.0 Å². The summed E-state index contributed by atoms with van der Waals surface area (Å²) < 4.78 is 2.09. The fourth-order valence-electron chi connectivity index (χ4n) is 3.53. The maximum absolute atomic E-state index is 10.4. The SMILES string of the molecule is CC(C)Cc1ccc(CN2CCCn3nc([C@@H](O)CN(C)C)cc3C2)s1. The Kier molecular flexibility index (Phi) is 6.51. The number of rotatable bonds is 7. The van der Waals surface area contributed by atoms with Crippen molar-refractivity contribution in [3.8, 4) is 0 Å². The molecule has 0 unspecified atom stereocenters. The van der Waals surface area contributed by atoms with Crippen LogP contribution in [0.4, 0.5) is 0 Å². The second kappa shape index (κ2) is 8.65. The van der Waals surface area contributed by atoms with E-state index in [4.69, 9.17) is 0 Å². The van der Waals surface area contributed by atoms with E-state index < -0.39 is 6.10 Å². The quantitative estimate of drug-likeness (QED) is 0.806. The third kappa shape index (κ3) is 5.16. The minimum absolute atomic E-state index is 0.520. The van der Waals surface area contributed by atoms with Crippen molar-refractivity contribution in [3.63, 3.8) is 0 Å². The highest BCUT2D eigenvalue weighted by molar-refractivity contribution is 7.11. The van der Waals surface area contributed by atoms with Crippen molar-refractivity contribution in [3.05, 3.63) is 39.3 Å². The minimum Gasteiger partial charge on any atom is -0.385 e. The molecular formula is C20H32N4OS. The van der Waals surface area contributed by atoms with Crippen LogP contribution >= 0.6 is 11.3 Å². The molecular weight excluding hydrogens is 344 g/mol. The standard InChI is InChI=1S/C20H32N4OS/c1-15(2)10-17-6-7-18(26-17)13-23-8-5-9-24-16(12-23)11-19(21-24)20(25)14-22(3)4/h6-7,11,15,20,25H,5,8-10,12-14H2,1-4H3/t20-/m0/s1. The van der Waals surface area contributed by atoms with Gasteiger partial charge in [0.2, 0.25) is 0 Å². The number of nitrogens with zero attached hydrogens (tertiary/aromatic N) is 4. The second-order valence-corrected chi connectivity index (χ2v) is 9.34. The van der Waals surface area contributed by atoms with E-state index in [-0.39, 0.29) is 0 Å². The summed E-state index contributed by atoms with van der Waals surface area (Å²) in [6.07, 6.45) is 1.75. The van der Waals surface area contributed by atoms with Crippen LogP contribution in [0.5, 0.6) is 0 Å². The van der Waals surface area contributed by atoms with Crippen molar-refractivity contribution in [2.45, 2.75) is 52.4 Å². The number of hydrogen-bond acceptors (Lipinski definition) is 5. The lowest BCUT2D eigenvalue weighted by molar-refractivity contribution is 0.133. The molecule has 6 heteroatoms. The zero-order valence-electron chi connectivity index (χ0n) is 16.5. The highest BCUT2D eigenvalue weighted by atomic mass is 32.1. The molecule has 0 spiro atoms. The van der Waals surface area contributed by atoms with Gasteiger partial charge in [0.15, 0.2) is 0 Å². The average molecular weight is 377 g/mol. The Morgan fingerprint density at radius 1 is 1.23 bits per heavy atom. The minimum atomic E-state index is -0.520. The van der Waals surface area contributed by atoms with Crippen molar-refractivity contribution in [2.24, 2.45) is 5.92 Å². The lowest BCUT2D eigenvalue weighted by atomic mass is 10.1. The van der Waals surface area contributed by atoms with Gasteiger partial charge in [0.05, 0.1) is 11.4 Å². The maximum atomic E-state index is 10.4. The number of likely N-dealkylation sites (N-methyl/N-ethyl adjacent to an activating group) is 1. The lowest BCUT2D eigenvalue weighted by Gasteiger charge is -2.18. The van der Waals surface area contributed by atoms with Crippen LogP contribution in [-0.2, 0) is 26.1 Å². The van der Waals surface area contributed by atoms with E-state index in [9.17, 15) is 5.11 Å². The first-order valence-electron chi connectivity index (χ1n) is 9.60. The van der Waals surface area contributed by atoms with Gasteiger partial charge in [0.1, 0.15) is 6.10 Å². The van der Waals surface area contributed by atoms with Crippen LogP contribution in [0.1, 0.15) is 47.5 Å². The van der Waals surface area contributed by atoms with E-state index in [1.54, 1.807) is 0 Å². The zero-order valence-corrected chi connectivity index (χ0v) is 17.3. The summed E-state index contributed by atoms with van der Waals surface area (Å²) in [5, 5.41) is 15.0. The average Bonchev–Trinajstić information content (AvgIpc) is 3.09. The molecule has 0 bridgehead atoms. The van der Waals surface area contributed by atoms with Gasteiger partial charge in [-0.3, -0.25) is 9.58 Å². The molecule has 0 amide bonds. The molecule has 0 saturated carbocycles. The first kappa shape index (κ1) is 19.5. The largest absolute Gasteiger partial charge is 0.385 e. The van der Waals surface area contributed by atoms with Crippen LogP contribution in [0.2, 0.25) is 0 Å². The van der Waals surface area contributed by atoms with Crippen LogP contribution in [-0.4, -0.2) is 51.9 Å². The molecule has 5 nitrogen and oxygen atoms in total. The Bertz CT molecular complexity index is 706. The molecule has 0 radical (unpaired) electrons. The number of fused-ring (bicyclic) bond motifs is 1. The van der Waals surface area contributed by atoms with E-state index in [2.05, 4.69) is 46.7 Å². The predicted molar refractivity (Wildman–Crippen MR) is 107 cm³/mol. The Morgan fingerprint density at radius 2 is 2.00 bits per heavy atom. The van der Waals surface area contributed by atoms with Gasteiger partial charge in [-0.1, -0.05) is 13.8 Å². The van der Waals surface area contributed by atoms with Crippen LogP contribution in [0.3, 0.4) is 0 Å². The molecule has 0 fully saturated rings. The van der Waals surface area contributed by atoms with Gasteiger partial charge in [-0.15, -0.1) is 11.3 Å². The van der Waals surface area contributed by atoms with E-state index in [0.29, 0.717) is 12.5 Å². The smallest absolute Gasteiger partial charge is 0.110 e. The topological polar surface area (TPSA) is 44.5 Å². The summed E-state index contributed by atoms with van der Waals surface area (Å²) in [7, 11) is 3.95. The number of hydrogen-bond donors (Lipinski definition) is 1. The Hall–Kier alpha value is -1.21. The van der Waals surface area contributed by atoms with Crippen LogP contribution < -0.4 is 0 Å². The molecule has 0 aliphatic carbocycles. The first-order chi connectivity index (χ1) is 12.4. The van der Waals surface area contributed by atoms with E-state index in [0.717, 1.165) is 38.3 Å². The molecule has 1 atom stereocenters. The monoisotopic (exact) mass is 376 g/mol. The van der Waals surface area contributed by atoms with Crippen molar-refractivity contribution < 1.29 is 5.11 Å². The summed E-state index contributed by atoms with van der Waals surface area (Å²) in [6.45, 7) is 9.09. The van der Waals surface area contributed by atoms with Crippen molar-refractivity contribution in [1.82, 2.24) is 19.6 Å². The number of aliphatic hydroxyl groups excluding tert-OH is 1. The fraction of sp³-hybridized carbons (Fsp3) is 0.650. The summed E-state index contributed by atoms with van der Waals surface area (Å²) in [4.78, 5) is 7.44. The first-order valence-corrected chi connectivity index (χ1v) is 10.4. The van der Waals surface area contributed by atoms with Crippen molar-refractivity contribution in [2.75, 3.05) is 27.2 Å². The molecule has 1 aliphatic rings. The molecule has 3 rings (SSSR count). The number of thiophene rings is 1. The normalized spacial score (nSPS) is 16.9. The van der Waals surface area contributed by atoms with Crippen molar-refractivity contribution >= 4 is 11.3 Å². The predicted octanol–water partition coefficient (Wildman–Crippen LogP) is 3.14. The highest BCUT2D eigenvalue weighted by Crippen LogP contribution is 2.24. The third-order valence-corrected chi connectivity index (χ3v) is 5.79. The summed E-state index contributed by atoms with van der Waals surface area (Å²) >= 11 is 1.95. The van der Waals surface area contributed by atoms with Gasteiger partial charge in [-0.2, -0.15) is 5.10 Å². The van der Waals surface area contributed by atoms with Gasteiger partial charge in [0.25, 0.3) is 0 Å². The Balaban J connectivity index is 1.65. The molecule has 0 saturated heterocycles. The van der Waals surface area contributed by atoms with Gasteiger partial charge in [-0.05, 0) is 51.1 Å². The van der Waals surface area contributed by atoms with Crippen LogP contribution in [0, 0.1) is 5.92 Å². The molecule has 1 N–H and O–H groups in total. The molecule has 2 aromatic rings. The molecule has 144 valence electrons. The third-order valence-electron chi connectivity index (χ3n) is 4.70. The summed E-state index contributed by atoms with van der Waals surface area (Å²) in [6, 6.07) is 6.67.